The highest BCUT2D eigenvalue weighted by Gasteiger charge is 2.26. The van der Waals surface area contributed by atoms with Crippen LogP contribution in [0.2, 0.25) is 0 Å². The number of anilines is 1. The summed E-state index contributed by atoms with van der Waals surface area (Å²) < 4.78 is 0. The van der Waals surface area contributed by atoms with Crippen LogP contribution in [0, 0.1) is 11.8 Å². The fourth-order valence-corrected chi connectivity index (χ4v) is 2.24. The van der Waals surface area contributed by atoms with Gasteiger partial charge in [0.25, 0.3) is 0 Å². The first-order chi connectivity index (χ1) is 9.56. The van der Waals surface area contributed by atoms with Gasteiger partial charge in [-0.3, -0.25) is 0 Å². The third-order valence-corrected chi connectivity index (χ3v) is 3.63. The largest absolute Gasteiger partial charge is 0.352 e. The SMILES string of the molecule is CC(C)CNCc1ccc(N(CC2CC2)C(C)C)nn1. The molecule has 1 N–H and O–H groups in total. The van der Waals surface area contributed by atoms with E-state index in [2.05, 4.69) is 60.2 Å². The Kier molecular flexibility index (Phi) is 5.35. The summed E-state index contributed by atoms with van der Waals surface area (Å²) in [4.78, 5) is 2.37. The van der Waals surface area contributed by atoms with Crippen molar-refractivity contribution in [2.75, 3.05) is 18.0 Å². The standard InChI is InChI=1S/C16H28N4/c1-12(2)9-17-10-15-7-8-16(19-18-15)20(13(3)4)11-14-5-6-14/h7-8,12-14,17H,5-6,9-11H2,1-4H3. The van der Waals surface area contributed by atoms with Crippen LogP contribution in [0.4, 0.5) is 5.82 Å². The van der Waals surface area contributed by atoms with E-state index in [0.717, 1.165) is 37.1 Å². The zero-order chi connectivity index (χ0) is 14.5. The molecule has 0 spiro atoms. The molecular formula is C16H28N4. The lowest BCUT2D eigenvalue weighted by atomic mass is 10.2. The molecule has 0 atom stereocenters. The quantitative estimate of drug-likeness (QED) is 0.792. The molecule has 4 nitrogen and oxygen atoms in total. The monoisotopic (exact) mass is 276 g/mol. The molecule has 0 saturated heterocycles. The Balaban J connectivity index is 1.91. The second-order valence-electron chi connectivity index (χ2n) is 6.60. The summed E-state index contributed by atoms with van der Waals surface area (Å²) in [6, 6.07) is 4.69. The van der Waals surface area contributed by atoms with Crippen LogP contribution >= 0.6 is 0 Å². The molecule has 1 aromatic rings. The van der Waals surface area contributed by atoms with E-state index < -0.39 is 0 Å². The van der Waals surface area contributed by atoms with Gasteiger partial charge in [0.1, 0.15) is 0 Å². The first-order valence-electron chi connectivity index (χ1n) is 7.86. The Bertz CT molecular complexity index is 395. The highest BCUT2D eigenvalue weighted by atomic mass is 15.3. The summed E-state index contributed by atoms with van der Waals surface area (Å²) in [5, 5.41) is 12.2. The van der Waals surface area contributed by atoms with E-state index in [0.29, 0.717) is 12.0 Å². The van der Waals surface area contributed by atoms with E-state index in [1.807, 2.05) is 0 Å². The Morgan fingerprint density at radius 3 is 2.45 bits per heavy atom. The molecular weight excluding hydrogens is 248 g/mol. The fraction of sp³-hybridized carbons (Fsp3) is 0.750. The predicted octanol–water partition coefficient (Wildman–Crippen LogP) is 2.85. The van der Waals surface area contributed by atoms with E-state index in [1.165, 1.54) is 12.8 Å². The molecule has 1 aliphatic carbocycles. The molecule has 20 heavy (non-hydrogen) atoms. The van der Waals surface area contributed by atoms with Crippen molar-refractivity contribution in [3.8, 4) is 0 Å². The molecule has 0 aromatic carbocycles. The number of aromatic nitrogens is 2. The molecule has 112 valence electrons. The summed E-state index contributed by atoms with van der Waals surface area (Å²) >= 11 is 0. The van der Waals surface area contributed by atoms with Crippen LogP contribution in [0.25, 0.3) is 0 Å². The molecule has 0 radical (unpaired) electrons. The van der Waals surface area contributed by atoms with Gasteiger partial charge in [-0.15, -0.1) is 5.10 Å². The molecule has 4 heteroatoms. The van der Waals surface area contributed by atoms with Gasteiger partial charge in [-0.05, 0) is 57.2 Å². The summed E-state index contributed by atoms with van der Waals surface area (Å²) in [5.41, 5.74) is 1.02. The maximum atomic E-state index is 4.41. The van der Waals surface area contributed by atoms with E-state index in [4.69, 9.17) is 0 Å². The molecule has 0 amide bonds. The average Bonchev–Trinajstić information content (AvgIpc) is 3.20. The Morgan fingerprint density at radius 1 is 1.20 bits per heavy atom. The number of hydrogen-bond donors (Lipinski definition) is 1. The lowest BCUT2D eigenvalue weighted by molar-refractivity contribution is 0.545. The average molecular weight is 276 g/mol. The van der Waals surface area contributed by atoms with E-state index in [1.54, 1.807) is 0 Å². The van der Waals surface area contributed by atoms with Crippen LogP contribution in [0.5, 0.6) is 0 Å². The van der Waals surface area contributed by atoms with E-state index >= 15 is 0 Å². The highest BCUT2D eigenvalue weighted by molar-refractivity contribution is 5.38. The normalized spacial score (nSPS) is 15.1. The fourth-order valence-electron chi connectivity index (χ4n) is 2.24. The van der Waals surface area contributed by atoms with Crippen molar-refractivity contribution in [3.63, 3.8) is 0 Å². The summed E-state index contributed by atoms with van der Waals surface area (Å²) in [6.07, 6.45) is 2.74. The molecule has 1 aromatic heterocycles. The van der Waals surface area contributed by atoms with Crippen LogP contribution in [0.3, 0.4) is 0 Å². The van der Waals surface area contributed by atoms with Gasteiger partial charge in [-0.1, -0.05) is 13.8 Å². The maximum absolute atomic E-state index is 4.41. The number of nitrogens with zero attached hydrogens (tertiary/aromatic N) is 3. The van der Waals surface area contributed by atoms with Crippen LogP contribution in [0.1, 0.15) is 46.2 Å². The Morgan fingerprint density at radius 2 is 1.95 bits per heavy atom. The van der Waals surface area contributed by atoms with Crippen molar-refractivity contribution >= 4 is 5.82 Å². The minimum absolute atomic E-state index is 0.481. The first-order valence-corrected chi connectivity index (χ1v) is 7.86. The van der Waals surface area contributed by atoms with Crippen molar-refractivity contribution < 1.29 is 0 Å². The van der Waals surface area contributed by atoms with Crippen LogP contribution in [-0.4, -0.2) is 29.3 Å². The summed E-state index contributed by atoms with van der Waals surface area (Å²) in [5.74, 6) is 2.54. The number of nitrogens with one attached hydrogen (secondary N) is 1. The first kappa shape index (κ1) is 15.2. The summed E-state index contributed by atoms with van der Waals surface area (Å²) in [6.45, 7) is 11.8. The smallest absolute Gasteiger partial charge is 0.151 e. The molecule has 0 aliphatic heterocycles. The number of rotatable bonds is 8. The molecule has 0 bridgehead atoms. The Labute approximate surface area is 123 Å². The number of hydrogen-bond acceptors (Lipinski definition) is 4. The third kappa shape index (κ3) is 4.75. The minimum Gasteiger partial charge on any atom is -0.352 e. The second-order valence-corrected chi connectivity index (χ2v) is 6.60. The van der Waals surface area contributed by atoms with Gasteiger partial charge in [-0.25, -0.2) is 0 Å². The molecule has 0 unspecified atom stereocenters. The van der Waals surface area contributed by atoms with Crippen LogP contribution in [0.15, 0.2) is 12.1 Å². The van der Waals surface area contributed by atoms with Gasteiger partial charge in [0.15, 0.2) is 5.82 Å². The minimum atomic E-state index is 0.481. The van der Waals surface area contributed by atoms with Gasteiger partial charge >= 0.3 is 0 Å². The second kappa shape index (κ2) is 7.02. The molecule has 2 rings (SSSR count). The molecule has 1 saturated carbocycles. The van der Waals surface area contributed by atoms with Crippen molar-refractivity contribution in [1.82, 2.24) is 15.5 Å². The third-order valence-electron chi connectivity index (χ3n) is 3.63. The van der Waals surface area contributed by atoms with Gasteiger partial charge in [0.05, 0.1) is 5.69 Å². The molecule has 1 heterocycles. The van der Waals surface area contributed by atoms with Gasteiger partial charge in [-0.2, -0.15) is 5.10 Å². The van der Waals surface area contributed by atoms with Crippen molar-refractivity contribution in [2.45, 2.75) is 53.1 Å². The van der Waals surface area contributed by atoms with Gasteiger partial charge < -0.3 is 10.2 Å². The van der Waals surface area contributed by atoms with Crippen molar-refractivity contribution in [1.29, 1.82) is 0 Å². The lowest BCUT2D eigenvalue weighted by Gasteiger charge is -2.27. The maximum Gasteiger partial charge on any atom is 0.151 e. The summed E-state index contributed by atoms with van der Waals surface area (Å²) in [7, 11) is 0. The van der Waals surface area contributed by atoms with Crippen LogP contribution < -0.4 is 10.2 Å². The lowest BCUT2D eigenvalue weighted by Crippen LogP contribution is -2.33. The zero-order valence-electron chi connectivity index (χ0n) is 13.3. The van der Waals surface area contributed by atoms with E-state index in [9.17, 15) is 0 Å². The van der Waals surface area contributed by atoms with Gasteiger partial charge in [0.2, 0.25) is 0 Å². The zero-order valence-corrected chi connectivity index (χ0v) is 13.3. The van der Waals surface area contributed by atoms with E-state index in [-0.39, 0.29) is 0 Å². The van der Waals surface area contributed by atoms with Crippen molar-refractivity contribution in [2.24, 2.45) is 11.8 Å². The molecule has 1 aliphatic rings. The Hall–Kier alpha value is -1.16. The highest BCUT2D eigenvalue weighted by Crippen LogP contribution is 2.31. The van der Waals surface area contributed by atoms with Crippen LogP contribution in [-0.2, 0) is 6.54 Å². The molecule has 1 fully saturated rings. The van der Waals surface area contributed by atoms with Crippen molar-refractivity contribution in [3.05, 3.63) is 17.8 Å². The van der Waals surface area contributed by atoms with Gasteiger partial charge in [0, 0.05) is 19.1 Å². The topological polar surface area (TPSA) is 41.0 Å². The predicted molar refractivity (Wildman–Crippen MR) is 83.8 cm³/mol.